The molecule has 0 saturated carbocycles. The number of nitrogens with one attached hydrogen (secondary N) is 2. The lowest BCUT2D eigenvalue weighted by Gasteiger charge is -2.36. The molecule has 1 fully saturated rings. The zero-order valence-corrected chi connectivity index (χ0v) is 15.7. The number of para-hydroxylation sites is 1. The number of piperazine rings is 1. The van der Waals surface area contributed by atoms with Crippen molar-refractivity contribution < 1.29 is 9.64 Å². The molecular formula is C21H25N4O2+. The maximum absolute atomic E-state index is 12.4. The maximum atomic E-state index is 12.4. The van der Waals surface area contributed by atoms with Crippen molar-refractivity contribution in [2.75, 3.05) is 38.2 Å². The van der Waals surface area contributed by atoms with Crippen molar-refractivity contribution in [2.45, 2.75) is 13.0 Å². The third-order valence-corrected chi connectivity index (χ3v) is 5.48. The Labute approximate surface area is 158 Å². The van der Waals surface area contributed by atoms with Gasteiger partial charge in [-0.05, 0) is 31.2 Å². The van der Waals surface area contributed by atoms with Gasteiger partial charge in [-0.15, -0.1) is 0 Å². The highest BCUT2D eigenvalue weighted by atomic mass is 16.5. The molecular weight excluding hydrogens is 340 g/mol. The summed E-state index contributed by atoms with van der Waals surface area (Å²) >= 11 is 0. The van der Waals surface area contributed by atoms with Crippen molar-refractivity contribution in [3.8, 4) is 5.75 Å². The number of anilines is 1. The summed E-state index contributed by atoms with van der Waals surface area (Å²) in [5.41, 5.74) is 1.90. The van der Waals surface area contributed by atoms with Gasteiger partial charge in [0.25, 0.3) is 5.56 Å². The summed E-state index contributed by atoms with van der Waals surface area (Å²) in [5, 5.41) is 0.645. The van der Waals surface area contributed by atoms with E-state index in [0.29, 0.717) is 5.39 Å². The van der Waals surface area contributed by atoms with Crippen molar-refractivity contribution in [3.05, 3.63) is 64.7 Å². The number of ether oxygens (including phenoxy) is 1. The molecule has 2 heterocycles. The number of fused-ring (bicyclic) bond motifs is 1. The first-order chi connectivity index (χ1) is 13.2. The third-order valence-electron chi connectivity index (χ3n) is 5.48. The lowest BCUT2D eigenvalue weighted by molar-refractivity contribution is -0.930. The molecule has 6 heteroatoms. The molecule has 140 valence electrons. The van der Waals surface area contributed by atoms with Crippen LogP contribution in [0.4, 0.5) is 5.69 Å². The van der Waals surface area contributed by atoms with E-state index < -0.39 is 0 Å². The molecule has 2 N–H and O–H groups in total. The van der Waals surface area contributed by atoms with Crippen LogP contribution in [0, 0.1) is 0 Å². The first kappa shape index (κ1) is 17.5. The average molecular weight is 365 g/mol. The molecule has 0 radical (unpaired) electrons. The molecule has 3 aromatic rings. The molecule has 6 nitrogen and oxygen atoms in total. The summed E-state index contributed by atoms with van der Waals surface area (Å²) in [6.45, 7) is 6.06. The van der Waals surface area contributed by atoms with Gasteiger partial charge in [0.1, 0.15) is 11.8 Å². The number of hydrogen-bond donors (Lipinski definition) is 2. The van der Waals surface area contributed by atoms with Crippen LogP contribution in [0.15, 0.2) is 53.3 Å². The second kappa shape index (κ2) is 7.40. The summed E-state index contributed by atoms with van der Waals surface area (Å²) < 4.78 is 5.34. The van der Waals surface area contributed by atoms with E-state index in [0.717, 1.165) is 43.3 Å². The standard InChI is InChI=1S/C21H24N4O2/c1-15(20-22-19-9-4-3-8-18(19)21(26)23-20)24-10-12-25(13-11-24)16-6-5-7-17(14-16)27-2/h3-9,14-15H,10-13H2,1-2H3,(H,22,23,26)/p+1/t15-/m0/s1. The van der Waals surface area contributed by atoms with E-state index in [4.69, 9.17) is 9.72 Å². The number of rotatable bonds is 4. The quantitative estimate of drug-likeness (QED) is 0.734. The minimum absolute atomic E-state index is 0.0585. The third kappa shape index (κ3) is 3.53. The maximum Gasteiger partial charge on any atom is 0.258 e. The van der Waals surface area contributed by atoms with Crippen molar-refractivity contribution in [1.82, 2.24) is 9.97 Å². The summed E-state index contributed by atoms with van der Waals surface area (Å²) in [6, 6.07) is 15.8. The van der Waals surface area contributed by atoms with E-state index in [9.17, 15) is 4.79 Å². The number of hydrogen-bond acceptors (Lipinski definition) is 4. The average Bonchev–Trinajstić information content (AvgIpc) is 2.73. The van der Waals surface area contributed by atoms with Gasteiger partial charge in [-0.2, -0.15) is 0 Å². The van der Waals surface area contributed by atoms with E-state index in [1.54, 1.807) is 7.11 Å². The lowest BCUT2D eigenvalue weighted by Crippen LogP contribution is -3.14. The Morgan fingerprint density at radius 1 is 1.15 bits per heavy atom. The number of H-pyrrole nitrogens is 1. The van der Waals surface area contributed by atoms with Gasteiger partial charge in [-0.1, -0.05) is 18.2 Å². The van der Waals surface area contributed by atoms with Gasteiger partial charge in [-0.25, -0.2) is 4.98 Å². The SMILES string of the molecule is COc1cccc(N2CC[NH+]([C@@H](C)c3nc4ccccc4c(=O)[nH]3)CC2)c1. The van der Waals surface area contributed by atoms with Crippen molar-refractivity contribution >= 4 is 16.6 Å². The van der Waals surface area contributed by atoms with Gasteiger partial charge >= 0.3 is 0 Å². The number of aromatic nitrogens is 2. The summed E-state index contributed by atoms with van der Waals surface area (Å²) in [6.07, 6.45) is 0. The van der Waals surface area contributed by atoms with Gasteiger partial charge in [0.05, 0.1) is 44.2 Å². The van der Waals surface area contributed by atoms with Gasteiger partial charge in [0.2, 0.25) is 0 Å². The minimum Gasteiger partial charge on any atom is -0.497 e. The Balaban J connectivity index is 1.48. The van der Waals surface area contributed by atoms with Crippen LogP contribution >= 0.6 is 0 Å². The zero-order chi connectivity index (χ0) is 18.8. The Hall–Kier alpha value is -2.86. The fraction of sp³-hybridized carbons (Fsp3) is 0.333. The molecule has 2 aromatic carbocycles. The fourth-order valence-electron chi connectivity index (χ4n) is 3.80. The number of nitrogens with zero attached hydrogens (tertiary/aromatic N) is 2. The second-order valence-electron chi connectivity index (χ2n) is 7.04. The topological polar surface area (TPSA) is 62.7 Å². The van der Waals surface area contributed by atoms with Crippen LogP contribution in [0.25, 0.3) is 10.9 Å². The monoisotopic (exact) mass is 365 g/mol. The predicted molar refractivity (Wildman–Crippen MR) is 107 cm³/mol. The zero-order valence-electron chi connectivity index (χ0n) is 15.7. The van der Waals surface area contributed by atoms with Crippen molar-refractivity contribution in [3.63, 3.8) is 0 Å². The van der Waals surface area contributed by atoms with Crippen LogP contribution in [0.2, 0.25) is 0 Å². The van der Waals surface area contributed by atoms with Crippen LogP contribution in [0.5, 0.6) is 5.75 Å². The van der Waals surface area contributed by atoms with Gasteiger partial charge in [0, 0.05) is 11.8 Å². The number of quaternary nitrogens is 1. The Morgan fingerprint density at radius 3 is 2.70 bits per heavy atom. The van der Waals surface area contributed by atoms with Gasteiger partial charge in [0.15, 0.2) is 5.82 Å². The van der Waals surface area contributed by atoms with E-state index >= 15 is 0 Å². The van der Waals surface area contributed by atoms with Crippen molar-refractivity contribution in [2.24, 2.45) is 0 Å². The van der Waals surface area contributed by atoms with E-state index in [1.165, 1.54) is 10.6 Å². The first-order valence-electron chi connectivity index (χ1n) is 9.38. The molecule has 1 aliphatic rings. The van der Waals surface area contributed by atoms with Gasteiger partial charge < -0.3 is 19.5 Å². The Kier molecular flexibility index (Phi) is 4.81. The summed E-state index contributed by atoms with van der Waals surface area (Å²) in [7, 11) is 1.69. The summed E-state index contributed by atoms with van der Waals surface area (Å²) in [5.74, 6) is 1.65. The highest BCUT2D eigenvalue weighted by Crippen LogP contribution is 2.21. The number of methoxy groups -OCH3 is 1. The Bertz CT molecular complexity index is 993. The molecule has 0 amide bonds. The largest absolute Gasteiger partial charge is 0.497 e. The molecule has 0 bridgehead atoms. The smallest absolute Gasteiger partial charge is 0.258 e. The van der Waals surface area contributed by atoms with Gasteiger partial charge in [-0.3, -0.25) is 4.79 Å². The number of aromatic amines is 1. The molecule has 27 heavy (non-hydrogen) atoms. The summed E-state index contributed by atoms with van der Waals surface area (Å²) in [4.78, 5) is 23.9. The highest BCUT2D eigenvalue weighted by molar-refractivity contribution is 5.77. The molecule has 0 unspecified atom stereocenters. The lowest BCUT2D eigenvalue weighted by atomic mass is 10.1. The second-order valence-corrected chi connectivity index (χ2v) is 7.04. The number of benzene rings is 2. The first-order valence-corrected chi connectivity index (χ1v) is 9.38. The van der Waals surface area contributed by atoms with Crippen LogP contribution < -0.4 is 20.1 Å². The minimum atomic E-state index is -0.0585. The van der Waals surface area contributed by atoms with Crippen LogP contribution in [0.1, 0.15) is 18.8 Å². The molecule has 1 aromatic heterocycles. The van der Waals surface area contributed by atoms with E-state index in [-0.39, 0.29) is 11.6 Å². The van der Waals surface area contributed by atoms with E-state index in [2.05, 4.69) is 28.9 Å². The normalized spacial score (nSPS) is 16.4. The van der Waals surface area contributed by atoms with Crippen LogP contribution in [-0.2, 0) is 0 Å². The molecule has 0 spiro atoms. The van der Waals surface area contributed by atoms with Crippen LogP contribution in [0.3, 0.4) is 0 Å². The molecule has 0 aliphatic carbocycles. The molecule has 1 atom stereocenters. The highest BCUT2D eigenvalue weighted by Gasteiger charge is 2.27. The van der Waals surface area contributed by atoms with E-state index in [1.807, 2.05) is 36.4 Å². The molecule has 1 aliphatic heterocycles. The Morgan fingerprint density at radius 2 is 1.93 bits per heavy atom. The van der Waals surface area contributed by atoms with Crippen molar-refractivity contribution in [1.29, 1.82) is 0 Å². The fourth-order valence-corrected chi connectivity index (χ4v) is 3.80. The molecule has 4 rings (SSSR count). The predicted octanol–water partition coefficient (Wildman–Crippen LogP) is 1.40. The van der Waals surface area contributed by atoms with Crippen LogP contribution in [-0.4, -0.2) is 43.3 Å². The molecule has 1 saturated heterocycles.